The van der Waals surface area contributed by atoms with Gasteiger partial charge in [0.15, 0.2) is 0 Å². The van der Waals surface area contributed by atoms with E-state index in [1.54, 1.807) is 6.07 Å². The van der Waals surface area contributed by atoms with Crippen molar-refractivity contribution in [3.8, 4) is 0 Å². The number of carbonyl (C=O) groups is 1. The average molecular weight is 280 g/mol. The van der Waals surface area contributed by atoms with Gasteiger partial charge < -0.3 is 15.0 Å². The van der Waals surface area contributed by atoms with E-state index in [1.165, 1.54) is 0 Å². The Hall–Kier alpha value is -1.75. The maximum atomic E-state index is 11.1. The van der Waals surface area contributed by atoms with Crippen LogP contribution in [0.1, 0.15) is 12.8 Å². The Bertz CT molecular complexity index is 625. The van der Waals surface area contributed by atoms with Crippen molar-refractivity contribution in [3.63, 3.8) is 0 Å². The molecule has 0 radical (unpaired) electrons. The van der Waals surface area contributed by atoms with E-state index >= 15 is 0 Å². The minimum atomic E-state index is -0.733. The lowest BCUT2D eigenvalue weighted by molar-refractivity contribution is -0.141. The Balaban J connectivity index is 1.89. The van der Waals surface area contributed by atoms with Gasteiger partial charge in [-0.3, -0.25) is 4.79 Å². The number of hydrogen-bond acceptors (Lipinski definition) is 3. The fraction of sp³-hybridized carbons (Fsp3) is 0.385. The molecule has 5 nitrogen and oxygen atoms in total. The summed E-state index contributed by atoms with van der Waals surface area (Å²) in [4.78, 5) is 20.8. The number of piperidine rings is 1. The number of benzene rings is 1. The number of anilines is 1. The van der Waals surface area contributed by atoms with Crippen molar-refractivity contribution >= 4 is 34.6 Å². The molecule has 2 aromatic rings. The molecule has 19 heavy (non-hydrogen) atoms. The predicted molar refractivity (Wildman–Crippen MR) is 73.7 cm³/mol. The Kier molecular flexibility index (Phi) is 3.06. The van der Waals surface area contributed by atoms with Crippen LogP contribution in [0.3, 0.4) is 0 Å². The highest BCUT2D eigenvalue weighted by Gasteiger charge is 2.26. The second-order valence-corrected chi connectivity index (χ2v) is 5.28. The summed E-state index contributed by atoms with van der Waals surface area (Å²) >= 11 is 5.94. The fourth-order valence-electron chi connectivity index (χ4n) is 2.49. The van der Waals surface area contributed by atoms with Crippen LogP contribution in [0.4, 0.5) is 5.95 Å². The zero-order valence-corrected chi connectivity index (χ0v) is 11.0. The number of imidazole rings is 1. The third-order valence-electron chi connectivity index (χ3n) is 3.50. The molecule has 0 aliphatic carbocycles. The van der Waals surface area contributed by atoms with Crippen LogP contribution in [0.25, 0.3) is 11.0 Å². The maximum absolute atomic E-state index is 11.1. The van der Waals surface area contributed by atoms with Crippen LogP contribution in [0.5, 0.6) is 0 Å². The third-order valence-corrected chi connectivity index (χ3v) is 3.74. The molecule has 1 aromatic carbocycles. The molecule has 1 fully saturated rings. The lowest BCUT2D eigenvalue weighted by Crippen LogP contribution is -2.39. The number of nitrogens with one attached hydrogen (secondary N) is 1. The number of aliphatic carboxylic acids is 1. The van der Waals surface area contributed by atoms with Gasteiger partial charge in [-0.25, -0.2) is 4.98 Å². The molecule has 0 spiro atoms. The van der Waals surface area contributed by atoms with Gasteiger partial charge in [-0.1, -0.05) is 11.6 Å². The minimum Gasteiger partial charge on any atom is -0.481 e. The smallest absolute Gasteiger partial charge is 0.308 e. The normalized spacial score (nSPS) is 19.8. The number of H-pyrrole nitrogens is 1. The summed E-state index contributed by atoms with van der Waals surface area (Å²) in [6.45, 7) is 1.33. The number of halogens is 1. The van der Waals surface area contributed by atoms with Crippen molar-refractivity contribution in [2.45, 2.75) is 12.8 Å². The molecule has 1 aliphatic rings. The monoisotopic (exact) mass is 279 g/mol. The molecule has 0 bridgehead atoms. The van der Waals surface area contributed by atoms with E-state index in [1.807, 2.05) is 17.0 Å². The van der Waals surface area contributed by atoms with Crippen molar-refractivity contribution < 1.29 is 9.90 Å². The lowest BCUT2D eigenvalue weighted by Gasteiger charge is -2.30. The number of nitrogens with zero attached hydrogens (tertiary/aromatic N) is 2. The van der Waals surface area contributed by atoms with Crippen molar-refractivity contribution in [3.05, 3.63) is 23.2 Å². The van der Waals surface area contributed by atoms with Crippen molar-refractivity contribution in [1.82, 2.24) is 9.97 Å². The minimum absolute atomic E-state index is 0.314. The van der Waals surface area contributed by atoms with Crippen molar-refractivity contribution in [2.75, 3.05) is 18.0 Å². The molecule has 6 heteroatoms. The lowest BCUT2D eigenvalue weighted by atomic mass is 9.99. The number of carboxylic acids is 1. The molecule has 1 aliphatic heterocycles. The summed E-state index contributed by atoms with van der Waals surface area (Å²) in [6, 6.07) is 5.48. The second kappa shape index (κ2) is 4.74. The molecular formula is C13H14ClN3O2. The van der Waals surface area contributed by atoms with Gasteiger partial charge in [-0.05, 0) is 31.0 Å². The highest BCUT2D eigenvalue weighted by atomic mass is 35.5. The van der Waals surface area contributed by atoms with E-state index < -0.39 is 5.97 Å². The van der Waals surface area contributed by atoms with Crippen LogP contribution in [-0.2, 0) is 4.79 Å². The summed E-state index contributed by atoms with van der Waals surface area (Å²) in [5.41, 5.74) is 1.72. The van der Waals surface area contributed by atoms with Crippen LogP contribution in [0.15, 0.2) is 18.2 Å². The van der Waals surface area contributed by atoms with Crippen molar-refractivity contribution in [2.24, 2.45) is 5.92 Å². The number of rotatable bonds is 2. The Morgan fingerprint density at radius 3 is 3.16 bits per heavy atom. The van der Waals surface area contributed by atoms with Gasteiger partial charge in [-0.2, -0.15) is 0 Å². The van der Waals surface area contributed by atoms with Crippen LogP contribution in [0, 0.1) is 5.92 Å². The molecule has 1 unspecified atom stereocenters. The molecule has 1 saturated heterocycles. The van der Waals surface area contributed by atoms with Gasteiger partial charge >= 0.3 is 5.97 Å². The number of carboxylic acid groups (broad SMARTS) is 1. The molecule has 1 atom stereocenters. The molecule has 2 N–H and O–H groups in total. The van der Waals surface area contributed by atoms with Gasteiger partial charge in [0.05, 0.1) is 17.0 Å². The van der Waals surface area contributed by atoms with Crippen LogP contribution in [-0.4, -0.2) is 34.1 Å². The SMILES string of the molecule is O=C(O)C1CCCN(c2nc3ccc(Cl)cc3[nH]2)C1. The highest BCUT2D eigenvalue weighted by Crippen LogP contribution is 2.25. The Morgan fingerprint density at radius 1 is 1.53 bits per heavy atom. The molecule has 100 valence electrons. The molecule has 0 amide bonds. The highest BCUT2D eigenvalue weighted by molar-refractivity contribution is 6.31. The predicted octanol–water partition coefficient (Wildman–Crippen LogP) is 2.52. The average Bonchev–Trinajstić information content (AvgIpc) is 2.81. The summed E-state index contributed by atoms with van der Waals surface area (Å²) in [6.07, 6.45) is 1.60. The first-order valence-corrected chi connectivity index (χ1v) is 6.64. The Labute approximate surface area is 115 Å². The molecule has 2 heterocycles. The third kappa shape index (κ3) is 2.38. The maximum Gasteiger partial charge on any atom is 0.308 e. The first-order chi connectivity index (χ1) is 9.13. The van der Waals surface area contributed by atoms with Crippen LogP contribution in [0.2, 0.25) is 5.02 Å². The van der Waals surface area contributed by atoms with E-state index in [4.69, 9.17) is 16.7 Å². The topological polar surface area (TPSA) is 69.2 Å². The number of hydrogen-bond donors (Lipinski definition) is 2. The van der Waals surface area contributed by atoms with E-state index in [0.717, 1.165) is 36.4 Å². The fourth-order valence-corrected chi connectivity index (χ4v) is 2.66. The van der Waals surface area contributed by atoms with E-state index in [2.05, 4.69) is 9.97 Å². The summed E-state index contributed by atoms with van der Waals surface area (Å²) in [5, 5.41) is 9.76. The van der Waals surface area contributed by atoms with Gasteiger partial charge in [0.2, 0.25) is 5.95 Å². The number of aromatic nitrogens is 2. The van der Waals surface area contributed by atoms with Gasteiger partial charge in [0, 0.05) is 18.1 Å². The number of aromatic amines is 1. The molecule has 0 saturated carbocycles. The summed E-state index contributed by atoms with van der Waals surface area (Å²) in [5.74, 6) is -0.322. The van der Waals surface area contributed by atoms with Gasteiger partial charge in [0.25, 0.3) is 0 Å². The molecule has 3 rings (SSSR count). The van der Waals surface area contributed by atoms with Gasteiger partial charge in [0.1, 0.15) is 0 Å². The number of fused-ring (bicyclic) bond motifs is 1. The van der Waals surface area contributed by atoms with Crippen molar-refractivity contribution in [1.29, 1.82) is 0 Å². The van der Waals surface area contributed by atoms with Crippen LogP contribution >= 0.6 is 11.6 Å². The first-order valence-electron chi connectivity index (χ1n) is 6.26. The zero-order valence-electron chi connectivity index (χ0n) is 10.3. The largest absolute Gasteiger partial charge is 0.481 e. The zero-order chi connectivity index (χ0) is 13.4. The summed E-state index contributed by atoms with van der Waals surface area (Å²) in [7, 11) is 0. The van der Waals surface area contributed by atoms with E-state index in [9.17, 15) is 4.79 Å². The van der Waals surface area contributed by atoms with E-state index in [-0.39, 0.29) is 5.92 Å². The van der Waals surface area contributed by atoms with Crippen LogP contribution < -0.4 is 4.90 Å². The van der Waals surface area contributed by atoms with E-state index in [0.29, 0.717) is 11.6 Å². The molecule has 1 aromatic heterocycles. The first kappa shape index (κ1) is 12.3. The second-order valence-electron chi connectivity index (χ2n) is 4.85. The Morgan fingerprint density at radius 2 is 2.37 bits per heavy atom. The summed E-state index contributed by atoms with van der Waals surface area (Å²) < 4.78 is 0. The standard InChI is InChI=1S/C13H14ClN3O2/c14-9-3-4-10-11(6-9)16-13(15-10)17-5-1-2-8(7-17)12(18)19/h3-4,6,8H,1-2,5,7H2,(H,15,16)(H,18,19). The van der Waals surface area contributed by atoms with Gasteiger partial charge in [-0.15, -0.1) is 0 Å². The molecular weight excluding hydrogens is 266 g/mol. The quantitative estimate of drug-likeness (QED) is 0.886.